The maximum atomic E-state index is 12.7. The Morgan fingerprint density at radius 2 is 1.84 bits per heavy atom. The first-order valence-electron chi connectivity index (χ1n) is 5.32. The average Bonchev–Trinajstić information content (AvgIpc) is 2.29. The highest BCUT2D eigenvalue weighted by atomic mass is 19.4. The minimum absolute atomic E-state index is 0.266. The maximum absolute atomic E-state index is 12.7. The van der Waals surface area contributed by atoms with Crippen molar-refractivity contribution in [3.63, 3.8) is 0 Å². The first-order chi connectivity index (χ1) is 8.69. The van der Waals surface area contributed by atoms with Crippen molar-refractivity contribution in [1.29, 1.82) is 0 Å². The third kappa shape index (κ3) is 3.65. The lowest BCUT2D eigenvalue weighted by molar-refractivity contribution is -0.290. The molecule has 0 spiro atoms. The number of rotatable bonds is 5. The molecule has 0 aromatic carbocycles. The van der Waals surface area contributed by atoms with Gasteiger partial charge in [0.2, 0.25) is 5.88 Å². The van der Waals surface area contributed by atoms with Crippen molar-refractivity contribution in [2.75, 3.05) is 18.5 Å². The predicted octanol–water partition coefficient (Wildman–Crippen LogP) is 2.79. The van der Waals surface area contributed by atoms with Crippen molar-refractivity contribution in [3.8, 4) is 5.88 Å². The summed E-state index contributed by atoms with van der Waals surface area (Å²) in [5.74, 6) is -4.92. The number of ether oxygens (including phenoxy) is 1. The van der Waals surface area contributed by atoms with E-state index in [0.717, 1.165) is 6.33 Å². The van der Waals surface area contributed by atoms with Crippen molar-refractivity contribution in [2.45, 2.75) is 25.9 Å². The van der Waals surface area contributed by atoms with Gasteiger partial charge in [0.1, 0.15) is 12.1 Å². The van der Waals surface area contributed by atoms with E-state index < -0.39 is 18.7 Å². The van der Waals surface area contributed by atoms with E-state index in [-0.39, 0.29) is 11.4 Å². The van der Waals surface area contributed by atoms with Gasteiger partial charge in [0.15, 0.2) is 6.61 Å². The van der Waals surface area contributed by atoms with Crippen LogP contribution in [-0.2, 0) is 0 Å². The number of hydrogen-bond acceptors (Lipinski definition) is 4. The molecule has 0 unspecified atom stereocenters. The fraction of sp³-hybridized carbons (Fsp3) is 0.600. The Balaban J connectivity index is 2.81. The van der Waals surface area contributed by atoms with Crippen molar-refractivity contribution in [3.05, 3.63) is 11.9 Å². The molecule has 1 rings (SSSR count). The topological polar surface area (TPSA) is 47.0 Å². The number of nitrogens with one attached hydrogen (secondary N) is 1. The molecular weight excluding hydrogens is 273 g/mol. The van der Waals surface area contributed by atoms with Crippen LogP contribution in [0.4, 0.5) is 27.8 Å². The van der Waals surface area contributed by atoms with Crippen LogP contribution in [0.1, 0.15) is 12.5 Å². The summed E-state index contributed by atoms with van der Waals surface area (Å²) in [5, 5.41) is 2.80. The summed E-state index contributed by atoms with van der Waals surface area (Å²) in [5.41, 5.74) is 0.266. The average molecular weight is 285 g/mol. The largest absolute Gasteiger partial charge is 0.471 e. The number of hydrogen-bond donors (Lipinski definition) is 1. The van der Waals surface area contributed by atoms with Crippen LogP contribution in [0, 0.1) is 6.92 Å². The fourth-order valence-electron chi connectivity index (χ4n) is 1.17. The molecule has 0 bridgehead atoms. The molecular formula is C10H12F5N3O. The summed E-state index contributed by atoms with van der Waals surface area (Å²) in [6.07, 6.45) is -4.63. The normalized spacial score (nSPS) is 12.4. The fourth-order valence-corrected chi connectivity index (χ4v) is 1.17. The predicted molar refractivity (Wildman–Crippen MR) is 57.4 cm³/mol. The first kappa shape index (κ1) is 15.4. The van der Waals surface area contributed by atoms with Gasteiger partial charge in [-0.05, 0) is 13.8 Å². The first-order valence-corrected chi connectivity index (χ1v) is 5.32. The molecule has 0 radical (unpaired) electrons. The summed E-state index contributed by atoms with van der Waals surface area (Å²) in [4.78, 5) is 7.34. The van der Waals surface area contributed by atoms with Gasteiger partial charge in [0.25, 0.3) is 0 Å². The lowest BCUT2D eigenvalue weighted by Gasteiger charge is -2.20. The maximum Gasteiger partial charge on any atom is 0.456 e. The van der Waals surface area contributed by atoms with Crippen LogP contribution in [0.2, 0.25) is 0 Å². The van der Waals surface area contributed by atoms with Crippen molar-refractivity contribution in [2.24, 2.45) is 0 Å². The Morgan fingerprint density at radius 3 is 2.37 bits per heavy atom. The monoisotopic (exact) mass is 285 g/mol. The van der Waals surface area contributed by atoms with Crippen LogP contribution in [-0.4, -0.2) is 35.2 Å². The lowest BCUT2D eigenvalue weighted by atomic mass is 10.3. The molecule has 1 aromatic heterocycles. The molecule has 9 heteroatoms. The molecule has 0 saturated carbocycles. The molecule has 1 heterocycles. The van der Waals surface area contributed by atoms with E-state index in [0.29, 0.717) is 12.4 Å². The van der Waals surface area contributed by atoms with E-state index in [1.54, 1.807) is 6.92 Å². The highest BCUT2D eigenvalue weighted by Crippen LogP contribution is 2.36. The molecule has 1 N–H and O–H groups in total. The van der Waals surface area contributed by atoms with Crippen LogP contribution >= 0.6 is 0 Å². The highest BCUT2D eigenvalue weighted by Gasteiger charge is 2.58. The van der Waals surface area contributed by atoms with E-state index >= 15 is 0 Å². The van der Waals surface area contributed by atoms with E-state index in [1.165, 1.54) is 6.92 Å². The molecule has 19 heavy (non-hydrogen) atoms. The molecule has 108 valence electrons. The van der Waals surface area contributed by atoms with Gasteiger partial charge in [0, 0.05) is 6.54 Å². The Morgan fingerprint density at radius 1 is 1.21 bits per heavy atom. The summed E-state index contributed by atoms with van der Waals surface area (Å²) in [7, 11) is 0. The Bertz CT molecular complexity index is 436. The van der Waals surface area contributed by atoms with Gasteiger partial charge < -0.3 is 10.1 Å². The molecule has 0 aliphatic heterocycles. The van der Waals surface area contributed by atoms with E-state index in [9.17, 15) is 22.0 Å². The summed E-state index contributed by atoms with van der Waals surface area (Å²) < 4.78 is 65.7. The second kappa shape index (κ2) is 5.54. The molecule has 0 saturated heterocycles. The SMILES string of the molecule is CCNc1ncnc(OCC(F)(F)C(F)(F)F)c1C. The number of alkyl halides is 5. The van der Waals surface area contributed by atoms with Crippen LogP contribution < -0.4 is 10.1 Å². The quantitative estimate of drug-likeness (QED) is 0.845. The highest BCUT2D eigenvalue weighted by molar-refractivity contribution is 5.47. The molecule has 4 nitrogen and oxygen atoms in total. The van der Waals surface area contributed by atoms with E-state index in [4.69, 9.17) is 0 Å². The van der Waals surface area contributed by atoms with Crippen molar-refractivity contribution in [1.82, 2.24) is 9.97 Å². The zero-order valence-corrected chi connectivity index (χ0v) is 10.2. The van der Waals surface area contributed by atoms with Gasteiger partial charge in [0.05, 0.1) is 5.56 Å². The number of anilines is 1. The third-order valence-corrected chi connectivity index (χ3v) is 2.19. The standard InChI is InChI=1S/C10H12F5N3O/c1-3-16-7-6(2)8(18-5-17-7)19-4-9(11,12)10(13,14)15/h5H,3-4H2,1-2H3,(H,16,17,18). The molecule has 0 amide bonds. The zero-order valence-electron chi connectivity index (χ0n) is 10.2. The number of nitrogens with zero attached hydrogens (tertiary/aromatic N) is 2. The minimum Gasteiger partial charge on any atom is -0.471 e. The molecule has 1 aromatic rings. The van der Waals surface area contributed by atoms with Gasteiger partial charge in [-0.15, -0.1) is 0 Å². The molecule has 0 aliphatic rings. The number of halogens is 5. The van der Waals surface area contributed by atoms with E-state index in [2.05, 4.69) is 20.0 Å². The Kier molecular flexibility index (Phi) is 4.48. The summed E-state index contributed by atoms with van der Waals surface area (Å²) in [6.45, 7) is 1.93. The summed E-state index contributed by atoms with van der Waals surface area (Å²) in [6, 6.07) is 0. The minimum atomic E-state index is -5.65. The van der Waals surface area contributed by atoms with Gasteiger partial charge in [-0.3, -0.25) is 0 Å². The lowest BCUT2D eigenvalue weighted by Crippen LogP contribution is -2.42. The smallest absolute Gasteiger partial charge is 0.456 e. The van der Waals surface area contributed by atoms with Crippen LogP contribution in [0.25, 0.3) is 0 Å². The Hall–Kier alpha value is -1.67. The van der Waals surface area contributed by atoms with Crippen LogP contribution in [0.3, 0.4) is 0 Å². The Labute approximate surface area is 106 Å². The van der Waals surface area contributed by atoms with Crippen molar-refractivity contribution < 1.29 is 26.7 Å². The van der Waals surface area contributed by atoms with E-state index in [1.807, 2.05) is 0 Å². The van der Waals surface area contributed by atoms with Gasteiger partial charge in [-0.25, -0.2) is 9.97 Å². The summed E-state index contributed by atoms with van der Waals surface area (Å²) >= 11 is 0. The van der Waals surface area contributed by atoms with Crippen LogP contribution in [0.5, 0.6) is 5.88 Å². The van der Waals surface area contributed by atoms with Gasteiger partial charge in [-0.1, -0.05) is 0 Å². The zero-order chi connectivity index (χ0) is 14.7. The number of aromatic nitrogens is 2. The molecule has 0 fully saturated rings. The second-order valence-electron chi connectivity index (χ2n) is 3.67. The van der Waals surface area contributed by atoms with Gasteiger partial charge in [-0.2, -0.15) is 22.0 Å². The molecule has 0 atom stereocenters. The molecule has 0 aliphatic carbocycles. The van der Waals surface area contributed by atoms with Crippen molar-refractivity contribution >= 4 is 5.82 Å². The second-order valence-corrected chi connectivity index (χ2v) is 3.67. The van der Waals surface area contributed by atoms with Gasteiger partial charge >= 0.3 is 12.1 Å². The third-order valence-electron chi connectivity index (χ3n) is 2.19. The van der Waals surface area contributed by atoms with Crippen LogP contribution in [0.15, 0.2) is 6.33 Å².